The van der Waals surface area contributed by atoms with Crippen LogP contribution in [0.4, 0.5) is 0 Å². The molecule has 16 heavy (non-hydrogen) atoms. The molecule has 0 saturated carbocycles. The van der Waals surface area contributed by atoms with Gasteiger partial charge in [0.2, 0.25) is 0 Å². The molecule has 0 aliphatic heterocycles. The van der Waals surface area contributed by atoms with E-state index in [0.29, 0.717) is 6.42 Å². The third-order valence-electron chi connectivity index (χ3n) is 2.46. The zero-order valence-electron chi connectivity index (χ0n) is 9.99. The predicted molar refractivity (Wildman–Crippen MR) is 69.8 cm³/mol. The van der Waals surface area contributed by atoms with E-state index in [4.69, 9.17) is 0 Å². The molecule has 0 aliphatic carbocycles. The Kier molecular flexibility index (Phi) is 4.95. The van der Waals surface area contributed by atoms with Gasteiger partial charge in [-0.15, -0.1) is 11.3 Å². The second-order valence-corrected chi connectivity index (χ2v) is 7.64. The highest BCUT2D eigenvalue weighted by molar-refractivity contribution is 7.90. The lowest BCUT2D eigenvalue weighted by Gasteiger charge is -2.13. The van der Waals surface area contributed by atoms with Crippen LogP contribution in [0.2, 0.25) is 0 Å². The second kappa shape index (κ2) is 5.80. The van der Waals surface area contributed by atoms with Gasteiger partial charge in [0.25, 0.3) is 0 Å². The van der Waals surface area contributed by atoms with Gasteiger partial charge >= 0.3 is 0 Å². The van der Waals surface area contributed by atoms with Crippen LogP contribution in [0.15, 0.2) is 12.1 Å². The van der Waals surface area contributed by atoms with Crippen LogP contribution in [0.3, 0.4) is 0 Å². The zero-order chi connectivity index (χ0) is 12.2. The molecule has 3 nitrogen and oxygen atoms in total. The summed E-state index contributed by atoms with van der Waals surface area (Å²) >= 11 is 1.77. The average Bonchev–Trinajstić information content (AvgIpc) is 2.58. The van der Waals surface area contributed by atoms with Gasteiger partial charge in [0, 0.05) is 27.8 Å². The van der Waals surface area contributed by atoms with Gasteiger partial charge < -0.3 is 5.32 Å². The maximum Gasteiger partial charge on any atom is 0.147 e. The van der Waals surface area contributed by atoms with Crippen molar-refractivity contribution in [2.24, 2.45) is 0 Å². The minimum Gasteiger partial charge on any atom is -0.312 e. The van der Waals surface area contributed by atoms with Gasteiger partial charge in [0.05, 0.1) is 0 Å². The molecule has 92 valence electrons. The van der Waals surface area contributed by atoms with E-state index in [1.165, 1.54) is 16.0 Å². The molecule has 0 fully saturated rings. The third kappa shape index (κ3) is 4.63. The molecule has 1 atom stereocenters. The van der Waals surface area contributed by atoms with Crippen LogP contribution in [0.25, 0.3) is 0 Å². The molecule has 0 radical (unpaired) electrons. The monoisotopic (exact) mass is 261 g/mol. The lowest BCUT2D eigenvalue weighted by atomic mass is 10.1. The molecule has 5 heteroatoms. The van der Waals surface area contributed by atoms with E-state index in [-0.39, 0.29) is 11.8 Å². The van der Waals surface area contributed by atoms with E-state index in [0.717, 1.165) is 6.42 Å². The first-order valence-electron chi connectivity index (χ1n) is 5.33. The van der Waals surface area contributed by atoms with Crippen molar-refractivity contribution < 1.29 is 8.42 Å². The molecular weight excluding hydrogens is 242 g/mol. The number of hydrogen-bond donors (Lipinski definition) is 1. The quantitative estimate of drug-likeness (QED) is 0.853. The number of thiophene rings is 1. The number of aryl methyl sites for hydroxylation is 1. The Morgan fingerprint density at radius 3 is 2.56 bits per heavy atom. The molecule has 0 aromatic carbocycles. The molecule has 1 unspecified atom stereocenters. The van der Waals surface area contributed by atoms with Gasteiger partial charge in [-0.3, -0.25) is 0 Å². The molecule has 0 aliphatic rings. The fourth-order valence-electron chi connectivity index (χ4n) is 1.62. The normalized spacial score (nSPS) is 13.9. The van der Waals surface area contributed by atoms with Crippen molar-refractivity contribution >= 4 is 21.2 Å². The molecule has 1 heterocycles. The number of sulfone groups is 1. The Balaban J connectivity index is 2.50. The summed E-state index contributed by atoms with van der Waals surface area (Å²) in [5.74, 6) is 0.273. The summed E-state index contributed by atoms with van der Waals surface area (Å²) in [5, 5.41) is 3.23. The Bertz CT molecular complexity index is 423. The minimum atomic E-state index is -2.83. The van der Waals surface area contributed by atoms with E-state index in [9.17, 15) is 8.42 Å². The van der Waals surface area contributed by atoms with Gasteiger partial charge in [-0.05, 0) is 38.9 Å². The summed E-state index contributed by atoms with van der Waals surface area (Å²) in [6, 6.07) is 4.49. The molecule has 1 N–H and O–H groups in total. The van der Waals surface area contributed by atoms with Crippen molar-refractivity contribution in [2.75, 3.05) is 19.1 Å². The van der Waals surface area contributed by atoms with E-state index >= 15 is 0 Å². The van der Waals surface area contributed by atoms with Gasteiger partial charge in [-0.25, -0.2) is 8.42 Å². The maximum atomic E-state index is 11.0. The first-order valence-corrected chi connectivity index (χ1v) is 8.21. The number of rotatable bonds is 6. The maximum absolute atomic E-state index is 11.0. The molecule has 0 amide bonds. The molecule has 1 aromatic heterocycles. The summed E-state index contributed by atoms with van der Waals surface area (Å²) in [6.07, 6.45) is 2.86. The smallest absolute Gasteiger partial charge is 0.147 e. The summed E-state index contributed by atoms with van der Waals surface area (Å²) < 4.78 is 22.0. The highest BCUT2D eigenvalue weighted by Crippen LogP contribution is 2.25. The first kappa shape index (κ1) is 13.7. The van der Waals surface area contributed by atoms with Crippen molar-refractivity contribution in [1.82, 2.24) is 5.32 Å². The number of nitrogens with one attached hydrogen (secondary N) is 1. The lowest BCUT2D eigenvalue weighted by Crippen LogP contribution is -2.16. The predicted octanol–water partition coefficient (Wildman–Crippen LogP) is 2.14. The van der Waals surface area contributed by atoms with Crippen LogP contribution in [-0.4, -0.2) is 27.5 Å². The third-order valence-corrected chi connectivity index (χ3v) is 4.61. The zero-order valence-corrected chi connectivity index (χ0v) is 11.6. The van der Waals surface area contributed by atoms with E-state index < -0.39 is 9.84 Å². The van der Waals surface area contributed by atoms with E-state index in [2.05, 4.69) is 24.4 Å². The van der Waals surface area contributed by atoms with Crippen LogP contribution in [0, 0.1) is 6.92 Å². The molecule has 0 saturated heterocycles. The second-order valence-electron chi connectivity index (χ2n) is 4.06. The lowest BCUT2D eigenvalue weighted by molar-refractivity contribution is 0.543. The van der Waals surface area contributed by atoms with Gasteiger partial charge in [-0.2, -0.15) is 0 Å². The van der Waals surface area contributed by atoms with Crippen LogP contribution >= 0.6 is 11.3 Å². The molecule has 0 bridgehead atoms. The molecular formula is C11H19NO2S2. The summed E-state index contributed by atoms with van der Waals surface area (Å²) in [7, 11) is -0.913. The Morgan fingerprint density at radius 2 is 2.12 bits per heavy atom. The van der Waals surface area contributed by atoms with E-state index in [1.807, 2.05) is 7.05 Å². The molecule has 1 rings (SSSR count). The van der Waals surface area contributed by atoms with Crippen molar-refractivity contribution in [2.45, 2.75) is 25.8 Å². The minimum absolute atomic E-state index is 0.273. The first-order chi connectivity index (χ1) is 7.42. The Hall–Kier alpha value is -0.390. The fourth-order valence-corrected chi connectivity index (χ4v) is 3.33. The van der Waals surface area contributed by atoms with Gasteiger partial charge in [-0.1, -0.05) is 0 Å². The van der Waals surface area contributed by atoms with Crippen LogP contribution in [-0.2, 0) is 9.84 Å². The topological polar surface area (TPSA) is 46.2 Å². The van der Waals surface area contributed by atoms with Crippen molar-refractivity contribution in [3.63, 3.8) is 0 Å². The van der Waals surface area contributed by atoms with Crippen LogP contribution in [0.5, 0.6) is 0 Å². The number of hydrogen-bond acceptors (Lipinski definition) is 4. The summed E-state index contributed by atoms with van der Waals surface area (Å²) in [5.41, 5.74) is 0. The average molecular weight is 261 g/mol. The van der Waals surface area contributed by atoms with Crippen LogP contribution in [0.1, 0.15) is 28.6 Å². The largest absolute Gasteiger partial charge is 0.312 e. The molecule has 1 aromatic rings. The fraction of sp³-hybridized carbons (Fsp3) is 0.636. The van der Waals surface area contributed by atoms with Gasteiger partial charge in [0.15, 0.2) is 0 Å². The Labute approximate surface area is 102 Å². The van der Waals surface area contributed by atoms with Crippen molar-refractivity contribution in [1.29, 1.82) is 0 Å². The van der Waals surface area contributed by atoms with Gasteiger partial charge in [0.1, 0.15) is 9.84 Å². The summed E-state index contributed by atoms with van der Waals surface area (Å²) in [4.78, 5) is 2.58. The van der Waals surface area contributed by atoms with Crippen molar-refractivity contribution in [3.8, 4) is 0 Å². The molecule has 0 spiro atoms. The standard InChI is InChI=1S/C11H19NO2S2/c1-9-6-7-11(15-9)10(12-2)5-4-8-16(3,13)14/h6-7,10,12H,4-5,8H2,1-3H3. The Morgan fingerprint density at radius 1 is 1.44 bits per heavy atom. The SMILES string of the molecule is CNC(CCCS(C)(=O)=O)c1ccc(C)s1. The summed E-state index contributed by atoms with van der Waals surface area (Å²) in [6.45, 7) is 2.08. The van der Waals surface area contributed by atoms with E-state index in [1.54, 1.807) is 11.3 Å². The highest BCUT2D eigenvalue weighted by Gasteiger charge is 2.12. The van der Waals surface area contributed by atoms with Crippen molar-refractivity contribution in [3.05, 3.63) is 21.9 Å². The van der Waals surface area contributed by atoms with Crippen LogP contribution < -0.4 is 5.32 Å². The highest BCUT2D eigenvalue weighted by atomic mass is 32.2.